The Kier molecular flexibility index (Phi) is 5.20. The van der Waals surface area contributed by atoms with E-state index in [4.69, 9.17) is 4.42 Å². The minimum absolute atomic E-state index is 0.590. The lowest BCUT2D eigenvalue weighted by Crippen LogP contribution is -2.19. The van der Waals surface area contributed by atoms with Gasteiger partial charge in [0.05, 0.1) is 0 Å². The smallest absolute Gasteiger partial charge is 0.281 e. The summed E-state index contributed by atoms with van der Waals surface area (Å²) in [6.07, 6.45) is 0. The SMILES string of the molecule is Cc1nnc(Sc2ccc(CNCC(C)C)c(C)c2)o1. The van der Waals surface area contributed by atoms with Gasteiger partial charge in [-0.1, -0.05) is 19.9 Å². The Balaban J connectivity index is 1.98. The van der Waals surface area contributed by atoms with Gasteiger partial charge in [-0.15, -0.1) is 10.2 Å². The van der Waals surface area contributed by atoms with E-state index in [1.54, 1.807) is 6.92 Å². The van der Waals surface area contributed by atoms with Crippen molar-refractivity contribution in [3.8, 4) is 0 Å². The van der Waals surface area contributed by atoms with Gasteiger partial charge < -0.3 is 9.73 Å². The number of nitrogens with zero attached hydrogens (tertiary/aromatic N) is 2. The molecule has 108 valence electrons. The summed E-state index contributed by atoms with van der Waals surface area (Å²) >= 11 is 1.50. The number of benzene rings is 1. The lowest BCUT2D eigenvalue weighted by Gasteiger charge is -2.10. The Bertz CT molecular complexity index is 566. The molecular weight excluding hydrogens is 270 g/mol. The minimum atomic E-state index is 0.590. The van der Waals surface area contributed by atoms with Crippen LogP contribution in [0.2, 0.25) is 0 Å². The molecule has 2 aromatic rings. The largest absolute Gasteiger partial charge is 0.416 e. The van der Waals surface area contributed by atoms with E-state index in [2.05, 4.69) is 54.5 Å². The van der Waals surface area contributed by atoms with Crippen molar-refractivity contribution in [1.82, 2.24) is 15.5 Å². The number of hydrogen-bond acceptors (Lipinski definition) is 5. The third-order valence-electron chi connectivity index (χ3n) is 2.89. The van der Waals surface area contributed by atoms with E-state index in [-0.39, 0.29) is 0 Å². The van der Waals surface area contributed by atoms with Crippen molar-refractivity contribution in [2.45, 2.75) is 44.4 Å². The van der Waals surface area contributed by atoms with E-state index in [9.17, 15) is 0 Å². The van der Waals surface area contributed by atoms with Gasteiger partial charge in [0.25, 0.3) is 5.22 Å². The van der Waals surface area contributed by atoms with Gasteiger partial charge in [-0.25, -0.2) is 0 Å². The summed E-state index contributed by atoms with van der Waals surface area (Å²) < 4.78 is 5.38. The van der Waals surface area contributed by atoms with Crippen LogP contribution >= 0.6 is 11.8 Å². The second-order valence-corrected chi connectivity index (χ2v) is 6.33. The lowest BCUT2D eigenvalue weighted by atomic mass is 10.1. The average molecular weight is 291 g/mol. The standard InChI is InChI=1S/C15H21N3OS/c1-10(2)8-16-9-13-5-6-14(7-11(13)3)20-15-18-17-12(4)19-15/h5-7,10,16H,8-9H2,1-4H3. The quantitative estimate of drug-likeness (QED) is 0.881. The molecule has 0 saturated carbocycles. The predicted octanol–water partition coefficient (Wildman–Crippen LogP) is 3.58. The van der Waals surface area contributed by atoms with Crippen molar-refractivity contribution in [2.75, 3.05) is 6.54 Å². The molecule has 1 aromatic heterocycles. The molecule has 1 aromatic carbocycles. The summed E-state index contributed by atoms with van der Waals surface area (Å²) in [7, 11) is 0. The van der Waals surface area contributed by atoms with Crippen LogP contribution in [0.3, 0.4) is 0 Å². The maximum atomic E-state index is 5.38. The van der Waals surface area contributed by atoms with Crippen LogP contribution in [0.5, 0.6) is 0 Å². The average Bonchev–Trinajstić information content (AvgIpc) is 2.77. The molecule has 0 fully saturated rings. The molecule has 5 heteroatoms. The number of aromatic nitrogens is 2. The van der Waals surface area contributed by atoms with Crippen LogP contribution in [-0.4, -0.2) is 16.7 Å². The summed E-state index contributed by atoms with van der Waals surface area (Å²) in [6, 6.07) is 6.42. The molecule has 0 unspecified atom stereocenters. The highest BCUT2D eigenvalue weighted by molar-refractivity contribution is 7.99. The minimum Gasteiger partial charge on any atom is -0.416 e. The first-order valence-corrected chi connectivity index (χ1v) is 7.64. The zero-order chi connectivity index (χ0) is 14.5. The molecule has 1 heterocycles. The monoisotopic (exact) mass is 291 g/mol. The van der Waals surface area contributed by atoms with Crippen molar-refractivity contribution in [3.63, 3.8) is 0 Å². The third kappa shape index (κ3) is 4.35. The van der Waals surface area contributed by atoms with Crippen LogP contribution in [0, 0.1) is 19.8 Å². The zero-order valence-corrected chi connectivity index (χ0v) is 13.3. The fourth-order valence-corrected chi connectivity index (χ4v) is 2.66. The van der Waals surface area contributed by atoms with E-state index in [1.807, 2.05) is 0 Å². The zero-order valence-electron chi connectivity index (χ0n) is 12.4. The highest BCUT2D eigenvalue weighted by Crippen LogP contribution is 2.27. The molecule has 0 aliphatic rings. The fraction of sp³-hybridized carbons (Fsp3) is 0.467. The normalized spacial score (nSPS) is 11.2. The van der Waals surface area contributed by atoms with Gasteiger partial charge >= 0.3 is 0 Å². The molecule has 0 spiro atoms. The molecule has 0 saturated heterocycles. The summed E-state index contributed by atoms with van der Waals surface area (Å²) in [4.78, 5) is 1.12. The second kappa shape index (κ2) is 6.90. The first kappa shape index (κ1) is 15.1. The van der Waals surface area contributed by atoms with Crippen molar-refractivity contribution in [2.24, 2.45) is 5.92 Å². The van der Waals surface area contributed by atoms with Gasteiger partial charge in [0.1, 0.15) is 0 Å². The summed E-state index contributed by atoms with van der Waals surface area (Å²) in [5.41, 5.74) is 2.61. The van der Waals surface area contributed by atoms with Crippen LogP contribution < -0.4 is 5.32 Å². The number of nitrogens with one attached hydrogen (secondary N) is 1. The highest BCUT2D eigenvalue weighted by atomic mass is 32.2. The Hall–Kier alpha value is -1.33. The van der Waals surface area contributed by atoms with E-state index < -0.39 is 0 Å². The summed E-state index contributed by atoms with van der Waals surface area (Å²) in [5, 5.41) is 11.9. The molecule has 0 amide bonds. The van der Waals surface area contributed by atoms with Crippen LogP contribution in [0.25, 0.3) is 0 Å². The molecule has 0 bridgehead atoms. The molecule has 20 heavy (non-hydrogen) atoms. The Labute approximate surface area is 124 Å². The van der Waals surface area contributed by atoms with Crippen LogP contribution in [0.4, 0.5) is 0 Å². The maximum absolute atomic E-state index is 5.38. The van der Waals surface area contributed by atoms with Crippen LogP contribution in [0.15, 0.2) is 32.7 Å². The first-order chi connectivity index (χ1) is 9.54. The molecule has 1 N–H and O–H groups in total. The van der Waals surface area contributed by atoms with Crippen molar-refractivity contribution < 1.29 is 4.42 Å². The van der Waals surface area contributed by atoms with Crippen LogP contribution in [-0.2, 0) is 6.54 Å². The molecule has 0 aliphatic carbocycles. The lowest BCUT2D eigenvalue weighted by molar-refractivity contribution is 0.429. The Morgan fingerprint density at radius 3 is 2.65 bits per heavy atom. The van der Waals surface area contributed by atoms with E-state index in [0.29, 0.717) is 17.0 Å². The fourth-order valence-electron chi connectivity index (χ4n) is 1.85. The first-order valence-electron chi connectivity index (χ1n) is 6.83. The topological polar surface area (TPSA) is 51.0 Å². The molecular formula is C15H21N3OS. The molecule has 0 aliphatic heterocycles. The van der Waals surface area contributed by atoms with E-state index >= 15 is 0 Å². The Morgan fingerprint density at radius 2 is 2.05 bits per heavy atom. The number of hydrogen-bond donors (Lipinski definition) is 1. The van der Waals surface area contributed by atoms with Crippen molar-refractivity contribution in [1.29, 1.82) is 0 Å². The van der Waals surface area contributed by atoms with Gasteiger partial charge in [0, 0.05) is 18.4 Å². The van der Waals surface area contributed by atoms with Gasteiger partial charge in [-0.3, -0.25) is 0 Å². The third-order valence-corrected chi connectivity index (χ3v) is 3.72. The summed E-state index contributed by atoms with van der Waals surface area (Å²) in [5.74, 6) is 1.27. The van der Waals surface area contributed by atoms with E-state index in [1.165, 1.54) is 22.9 Å². The number of aryl methyl sites for hydroxylation is 2. The van der Waals surface area contributed by atoms with Crippen molar-refractivity contribution >= 4 is 11.8 Å². The van der Waals surface area contributed by atoms with E-state index in [0.717, 1.165) is 18.0 Å². The van der Waals surface area contributed by atoms with Crippen LogP contribution in [0.1, 0.15) is 30.9 Å². The summed E-state index contributed by atoms with van der Waals surface area (Å²) in [6.45, 7) is 10.3. The van der Waals surface area contributed by atoms with Crippen molar-refractivity contribution in [3.05, 3.63) is 35.2 Å². The second-order valence-electron chi connectivity index (χ2n) is 5.30. The van der Waals surface area contributed by atoms with Gasteiger partial charge in [-0.2, -0.15) is 0 Å². The van der Waals surface area contributed by atoms with Gasteiger partial charge in [0.15, 0.2) is 0 Å². The molecule has 2 rings (SSSR count). The Morgan fingerprint density at radius 1 is 1.25 bits per heavy atom. The van der Waals surface area contributed by atoms with Gasteiger partial charge in [-0.05, 0) is 54.4 Å². The number of rotatable bonds is 6. The molecule has 0 atom stereocenters. The highest BCUT2D eigenvalue weighted by Gasteiger charge is 2.07. The molecule has 0 radical (unpaired) electrons. The van der Waals surface area contributed by atoms with Gasteiger partial charge in [0.2, 0.25) is 5.89 Å². The molecule has 4 nitrogen and oxygen atoms in total. The predicted molar refractivity (Wildman–Crippen MR) is 80.9 cm³/mol. The maximum Gasteiger partial charge on any atom is 0.281 e.